The minimum Gasteiger partial charge on any atom is -0.326 e. The molecule has 1 aromatic carbocycles. The largest absolute Gasteiger partial charge is 0.326 e. The number of carbonyl (C=O) groups excluding carboxylic acids is 3. The summed E-state index contributed by atoms with van der Waals surface area (Å²) >= 11 is 0. The van der Waals surface area contributed by atoms with Gasteiger partial charge in [-0.15, -0.1) is 0 Å². The van der Waals surface area contributed by atoms with Crippen LogP contribution >= 0.6 is 0 Å². The van der Waals surface area contributed by atoms with Crippen LogP contribution in [0.15, 0.2) is 30.4 Å². The van der Waals surface area contributed by atoms with E-state index in [1.165, 1.54) is 4.90 Å². The average molecular weight is 326 g/mol. The monoisotopic (exact) mass is 326 g/mol. The molecule has 3 rings (SSSR count). The Morgan fingerprint density at radius 1 is 1.12 bits per heavy atom. The molecule has 0 unspecified atom stereocenters. The lowest BCUT2D eigenvalue weighted by Crippen LogP contribution is -2.34. The third-order valence-electron chi connectivity index (χ3n) is 4.82. The fraction of sp³-hybridized carbons (Fsp3) is 0.421. The highest BCUT2D eigenvalue weighted by molar-refractivity contribution is 6.05. The lowest BCUT2D eigenvalue weighted by molar-refractivity contribution is -0.140. The van der Waals surface area contributed by atoms with Gasteiger partial charge in [0.1, 0.15) is 0 Å². The number of allylic oxidation sites excluding steroid dienone is 2. The molecule has 1 N–H and O–H groups in total. The van der Waals surface area contributed by atoms with Crippen molar-refractivity contribution >= 4 is 23.4 Å². The van der Waals surface area contributed by atoms with E-state index < -0.39 is 0 Å². The number of fused-ring (bicyclic) bond motifs is 1. The Bertz CT molecular complexity index is 697. The highest BCUT2D eigenvalue weighted by Gasteiger charge is 2.46. The number of amides is 3. The Morgan fingerprint density at radius 3 is 2.33 bits per heavy atom. The van der Waals surface area contributed by atoms with E-state index in [9.17, 15) is 14.4 Å². The summed E-state index contributed by atoms with van der Waals surface area (Å²) in [6.45, 7) is 4.09. The van der Waals surface area contributed by atoms with Crippen LogP contribution in [0.4, 0.5) is 5.69 Å². The molecule has 3 amide bonds. The number of nitrogens with one attached hydrogen (secondary N) is 1. The number of anilines is 1. The molecule has 0 bridgehead atoms. The number of imide groups is 1. The molecule has 1 fully saturated rings. The molecule has 1 aliphatic heterocycles. The molecular weight excluding hydrogens is 304 g/mol. The van der Waals surface area contributed by atoms with Gasteiger partial charge in [0.2, 0.25) is 17.7 Å². The van der Waals surface area contributed by atoms with Crippen molar-refractivity contribution in [3.63, 3.8) is 0 Å². The van der Waals surface area contributed by atoms with Crippen LogP contribution in [0.3, 0.4) is 0 Å². The van der Waals surface area contributed by atoms with Crippen LogP contribution in [-0.2, 0) is 14.4 Å². The Kier molecular flexibility index (Phi) is 4.51. The molecule has 0 radical (unpaired) electrons. The van der Waals surface area contributed by atoms with E-state index >= 15 is 0 Å². The van der Waals surface area contributed by atoms with Crippen LogP contribution in [0.25, 0.3) is 0 Å². The Labute approximate surface area is 141 Å². The van der Waals surface area contributed by atoms with Crippen molar-refractivity contribution in [2.45, 2.75) is 33.1 Å². The fourth-order valence-corrected chi connectivity index (χ4v) is 3.47. The molecule has 5 heteroatoms. The quantitative estimate of drug-likeness (QED) is 0.683. The second-order valence-electron chi connectivity index (χ2n) is 6.60. The van der Waals surface area contributed by atoms with Gasteiger partial charge in [-0.05, 0) is 38.3 Å². The predicted octanol–water partition coefficient (Wildman–Crippen LogP) is 2.58. The number of aryl methyl sites for hydroxylation is 2. The van der Waals surface area contributed by atoms with Gasteiger partial charge in [-0.2, -0.15) is 0 Å². The van der Waals surface area contributed by atoms with Crippen LogP contribution in [0, 0.1) is 25.7 Å². The highest BCUT2D eigenvalue weighted by Crippen LogP contribution is 2.35. The third-order valence-corrected chi connectivity index (χ3v) is 4.82. The second kappa shape index (κ2) is 6.59. The van der Waals surface area contributed by atoms with E-state index in [1.807, 2.05) is 44.2 Å². The van der Waals surface area contributed by atoms with Crippen LogP contribution < -0.4 is 5.32 Å². The zero-order chi connectivity index (χ0) is 17.3. The molecular formula is C19H22N2O3. The second-order valence-corrected chi connectivity index (χ2v) is 6.60. The molecule has 5 nitrogen and oxygen atoms in total. The van der Waals surface area contributed by atoms with Gasteiger partial charge in [0, 0.05) is 18.7 Å². The first-order valence-electron chi connectivity index (χ1n) is 8.34. The molecule has 0 spiro atoms. The summed E-state index contributed by atoms with van der Waals surface area (Å²) in [4.78, 5) is 38.1. The SMILES string of the molecule is Cc1ccc(NC(=O)CCN2C(=O)[C@@H]3CC=CC[C@H]3C2=O)c(C)c1. The van der Waals surface area contributed by atoms with Crippen molar-refractivity contribution in [2.75, 3.05) is 11.9 Å². The number of likely N-dealkylation sites (tertiary alicyclic amines) is 1. The van der Waals surface area contributed by atoms with Crippen molar-refractivity contribution in [1.82, 2.24) is 4.90 Å². The van der Waals surface area contributed by atoms with Crippen molar-refractivity contribution in [3.05, 3.63) is 41.5 Å². The third kappa shape index (κ3) is 3.11. The minimum absolute atomic E-state index is 0.123. The molecule has 0 saturated carbocycles. The number of hydrogen-bond acceptors (Lipinski definition) is 3. The van der Waals surface area contributed by atoms with E-state index in [2.05, 4.69) is 5.32 Å². The highest BCUT2D eigenvalue weighted by atomic mass is 16.2. The first kappa shape index (κ1) is 16.4. The number of nitrogens with zero attached hydrogens (tertiary/aromatic N) is 1. The number of hydrogen-bond donors (Lipinski definition) is 1. The van der Waals surface area contributed by atoms with E-state index in [4.69, 9.17) is 0 Å². The zero-order valence-corrected chi connectivity index (χ0v) is 14.0. The Hall–Kier alpha value is -2.43. The molecule has 0 aromatic heterocycles. The zero-order valence-electron chi connectivity index (χ0n) is 14.0. The van der Waals surface area contributed by atoms with Crippen LogP contribution in [0.1, 0.15) is 30.4 Å². The molecule has 2 atom stereocenters. The molecule has 2 aliphatic rings. The molecule has 126 valence electrons. The molecule has 24 heavy (non-hydrogen) atoms. The van der Waals surface area contributed by atoms with E-state index in [0.29, 0.717) is 12.8 Å². The smallest absolute Gasteiger partial charge is 0.233 e. The van der Waals surface area contributed by atoms with Gasteiger partial charge < -0.3 is 5.32 Å². The Balaban J connectivity index is 1.58. The molecule has 1 aliphatic carbocycles. The van der Waals surface area contributed by atoms with Crippen molar-refractivity contribution < 1.29 is 14.4 Å². The average Bonchev–Trinajstić information content (AvgIpc) is 2.80. The molecule has 1 saturated heterocycles. The lowest BCUT2D eigenvalue weighted by atomic mass is 9.85. The van der Waals surface area contributed by atoms with Gasteiger partial charge in [0.25, 0.3) is 0 Å². The first-order chi connectivity index (χ1) is 11.5. The summed E-state index contributed by atoms with van der Waals surface area (Å²) in [6, 6.07) is 5.81. The van der Waals surface area contributed by atoms with E-state index in [-0.39, 0.29) is 42.5 Å². The standard InChI is InChI=1S/C19H22N2O3/c1-12-7-8-16(13(2)11-12)20-17(22)9-10-21-18(23)14-5-3-4-6-15(14)19(21)24/h3-4,7-8,11,14-15H,5-6,9-10H2,1-2H3,(H,20,22)/t14-,15-/m1/s1. The minimum atomic E-state index is -0.232. The van der Waals surface area contributed by atoms with Crippen LogP contribution in [0.5, 0.6) is 0 Å². The topological polar surface area (TPSA) is 66.5 Å². The molecule has 1 heterocycles. The normalized spacial score (nSPS) is 22.7. The van der Waals surface area contributed by atoms with Crippen molar-refractivity contribution in [1.29, 1.82) is 0 Å². The van der Waals surface area contributed by atoms with Gasteiger partial charge in [0.05, 0.1) is 11.8 Å². The Morgan fingerprint density at radius 2 is 1.75 bits per heavy atom. The van der Waals surface area contributed by atoms with Gasteiger partial charge in [-0.1, -0.05) is 29.8 Å². The van der Waals surface area contributed by atoms with Crippen molar-refractivity contribution in [3.8, 4) is 0 Å². The van der Waals surface area contributed by atoms with Crippen molar-refractivity contribution in [2.24, 2.45) is 11.8 Å². The van der Waals surface area contributed by atoms with Gasteiger partial charge >= 0.3 is 0 Å². The summed E-state index contributed by atoms with van der Waals surface area (Å²) in [7, 11) is 0. The van der Waals surface area contributed by atoms with Gasteiger partial charge in [-0.25, -0.2) is 0 Å². The first-order valence-corrected chi connectivity index (χ1v) is 8.34. The van der Waals surface area contributed by atoms with Gasteiger partial charge in [-0.3, -0.25) is 19.3 Å². The van der Waals surface area contributed by atoms with Gasteiger partial charge in [0.15, 0.2) is 0 Å². The maximum atomic E-state index is 12.4. The fourth-order valence-electron chi connectivity index (χ4n) is 3.47. The van der Waals surface area contributed by atoms with Crippen LogP contribution in [0.2, 0.25) is 0 Å². The van der Waals surface area contributed by atoms with Crippen LogP contribution in [-0.4, -0.2) is 29.2 Å². The summed E-state index contributed by atoms with van der Waals surface area (Å²) in [5.74, 6) is -0.910. The summed E-state index contributed by atoms with van der Waals surface area (Å²) < 4.78 is 0. The number of carbonyl (C=O) groups is 3. The predicted molar refractivity (Wildman–Crippen MR) is 91.2 cm³/mol. The lowest BCUT2D eigenvalue weighted by Gasteiger charge is -2.15. The molecule has 1 aromatic rings. The van der Waals surface area contributed by atoms with E-state index in [1.54, 1.807) is 0 Å². The van der Waals surface area contributed by atoms with E-state index in [0.717, 1.165) is 16.8 Å². The maximum Gasteiger partial charge on any atom is 0.233 e. The number of benzene rings is 1. The number of rotatable bonds is 4. The maximum absolute atomic E-state index is 12.4. The summed E-state index contributed by atoms with van der Waals surface area (Å²) in [5, 5.41) is 2.85. The summed E-state index contributed by atoms with van der Waals surface area (Å²) in [5.41, 5.74) is 2.89. The summed E-state index contributed by atoms with van der Waals surface area (Å²) in [6.07, 6.45) is 5.30.